The predicted molar refractivity (Wildman–Crippen MR) is 78.3 cm³/mol. The Morgan fingerprint density at radius 2 is 1.74 bits per heavy atom. The predicted octanol–water partition coefficient (Wildman–Crippen LogP) is 3.20. The third kappa shape index (κ3) is 4.34. The lowest BCUT2D eigenvalue weighted by atomic mass is 10.2. The molecule has 0 bridgehead atoms. The van der Waals surface area contributed by atoms with E-state index in [4.69, 9.17) is 10.5 Å². The van der Waals surface area contributed by atoms with Crippen LogP contribution >= 0.6 is 11.8 Å². The fraction of sp³-hybridized carbons (Fsp3) is 0.133. The lowest BCUT2D eigenvalue weighted by molar-refractivity contribution is -0.115. The van der Waals surface area contributed by atoms with Gasteiger partial charge in [0.1, 0.15) is 11.5 Å². The van der Waals surface area contributed by atoms with Crippen LogP contribution in [0.3, 0.4) is 0 Å². The van der Waals surface area contributed by atoms with Crippen LogP contribution in [0.5, 0.6) is 11.5 Å². The first-order chi connectivity index (χ1) is 9.25. The number of benzene rings is 2. The Kier molecular flexibility index (Phi) is 4.86. The van der Waals surface area contributed by atoms with E-state index < -0.39 is 0 Å². The van der Waals surface area contributed by atoms with E-state index in [1.165, 1.54) is 11.8 Å². The number of para-hydroxylation sites is 2. The van der Waals surface area contributed by atoms with Crippen LogP contribution in [0, 0.1) is 0 Å². The molecule has 1 amide bonds. The molecular formula is C15H15NO2S. The standard InChI is InChI=1S/C15H15NO2S/c16-15(17)11-19-10-12-6-4-5-9-14(12)18-13-7-2-1-3-8-13/h1-9H,10-11H2,(H2,16,17). The molecule has 0 aliphatic heterocycles. The van der Waals surface area contributed by atoms with Crippen molar-refractivity contribution in [3.05, 3.63) is 60.2 Å². The molecule has 0 spiro atoms. The summed E-state index contributed by atoms with van der Waals surface area (Å²) in [5, 5.41) is 0. The molecule has 0 aliphatic rings. The Bertz CT molecular complexity index is 543. The van der Waals surface area contributed by atoms with Gasteiger partial charge in [-0.15, -0.1) is 11.8 Å². The van der Waals surface area contributed by atoms with Gasteiger partial charge in [0.2, 0.25) is 5.91 Å². The van der Waals surface area contributed by atoms with E-state index in [2.05, 4.69) is 0 Å². The molecule has 19 heavy (non-hydrogen) atoms. The highest BCUT2D eigenvalue weighted by molar-refractivity contribution is 7.99. The molecule has 2 N–H and O–H groups in total. The number of carbonyl (C=O) groups excluding carboxylic acids is 1. The van der Waals surface area contributed by atoms with Gasteiger partial charge < -0.3 is 10.5 Å². The van der Waals surface area contributed by atoms with Crippen LogP contribution in [0.25, 0.3) is 0 Å². The number of ether oxygens (including phenoxy) is 1. The van der Waals surface area contributed by atoms with Crippen LogP contribution in [0.15, 0.2) is 54.6 Å². The van der Waals surface area contributed by atoms with Gasteiger partial charge >= 0.3 is 0 Å². The van der Waals surface area contributed by atoms with E-state index in [1.807, 2.05) is 54.6 Å². The van der Waals surface area contributed by atoms with Crippen LogP contribution in [0.2, 0.25) is 0 Å². The van der Waals surface area contributed by atoms with Gasteiger partial charge in [-0.1, -0.05) is 36.4 Å². The molecule has 98 valence electrons. The van der Waals surface area contributed by atoms with Crippen LogP contribution in [0.1, 0.15) is 5.56 Å². The Balaban J connectivity index is 2.06. The van der Waals surface area contributed by atoms with Crippen molar-refractivity contribution < 1.29 is 9.53 Å². The van der Waals surface area contributed by atoms with E-state index in [0.29, 0.717) is 11.5 Å². The molecule has 0 saturated carbocycles. The summed E-state index contributed by atoms with van der Waals surface area (Å²) in [5.74, 6) is 2.33. The third-order valence-corrected chi connectivity index (χ3v) is 3.45. The monoisotopic (exact) mass is 273 g/mol. The van der Waals surface area contributed by atoms with Crippen molar-refractivity contribution in [2.75, 3.05) is 5.75 Å². The lowest BCUT2D eigenvalue weighted by Crippen LogP contribution is -2.13. The fourth-order valence-electron chi connectivity index (χ4n) is 1.60. The van der Waals surface area contributed by atoms with E-state index in [1.54, 1.807) is 0 Å². The first-order valence-electron chi connectivity index (χ1n) is 5.92. The molecule has 0 radical (unpaired) electrons. The molecule has 4 heteroatoms. The fourth-order valence-corrected chi connectivity index (χ4v) is 2.36. The van der Waals surface area contributed by atoms with Crippen molar-refractivity contribution in [2.45, 2.75) is 5.75 Å². The van der Waals surface area contributed by atoms with Gasteiger partial charge in [-0.3, -0.25) is 4.79 Å². The quantitative estimate of drug-likeness (QED) is 0.879. The lowest BCUT2D eigenvalue weighted by Gasteiger charge is -2.10. The number of hydrogen-bond donors (Lipinski definition) is 1. The minimum absolute atomic E-state index is 0.300. The first-order valence-corrected chi connectivity index (χ1v) is 7.08. The molecule has 0 unspecified atom stereocenters. The highest BCUT2D eigenvalue weighted by atomic mass is 32.2. The third-order valence-electron chi connectivity index (χ3n) is 2.45. The molecular weight excluding hydrogens is 258 g/mol. The summed E-state index contributed by atoms with van der Waals surface area (Å²) in [6, 6.07) is 17.4. The smallest absolute Gasteiger partial charge is 0.227 e. The summed E-state index contributed by atoms with van der Waals surface area (Å²) in [7, 11) is 0. The van der Waals surface area contributed by atoms with Crippen molar-refractivity contribution >= 4 is 17.7 Å². The van der Waals surface area contributed by atoms with Crippen molar-refractivity contribution in [3.8, 4) is 11.5 Å². The zero-order valence-electron chi connectivity index (χ0n) is 10.4. The van der Waals surface area contributed by atoms with E-state index in [9.17, 15) is 4.79 Å². The van der Waals surface area contributed by atoms with Crippen molar-refractivity contribution in [3.63, 3.8) is 0 Å². The molecule has 3 nitrogen and oxygen atoms in total. The zero-order valence-corrected chi connectivity index (χ0v) is 11.2. The minimum Gasteiger partial charge on any atom is -0.457 e. The van der Waals surface area contributed by atoms with Crippen molar-refractivity contribution in [1.82, 2.24) is 0 Å². The normalized spacial score (nSPS) is 10.1. The van der Waals surface area contributed by atoms with Crippen molar-refractivity contribution in [1.29, 1.82) is 0 Å². The molecule has 2 aromatic carbocycles. The number of nitrogens with two attached hydrogens (primary N) is 1. The summed E-state index contributed by atoms with van der Waals surface area (Å²) in [6.07, 6.45) is 0. The van der Waals surface area contributed by atoms with E-state index in [-0.39, 0.29) is 5.91 Å². The summed E-state index contributed by atoms with van der Waals surface area (Å²) >= 11 is 1.48. The van der Waals surface area contributed by atoms with Gasteiger partial charge in [-0.05, 0) is 18.2 Å². The molecule has 0 aliphatic carbocycles. The Morgan fingerprint density at radius 1 is 1.05 bits per heavy atom. The number of thioether (sulfide) groups is 1. The number of amides is 1. The Morgan fingerprint density at radius 3 is 2.47 bits per heavy atom. The Hall–Kier alpha value is -1.94. The van der Waals surface area contributed by atoms with Gasteiger partial charge in [0, 0.05) is 11.3 Å². The summed E-state index contributed by atoms with van der Waals surface area (Å²) < 4.78 is 5.84. The average molecular weight is 273 g/mol. The number of rotatable bonds is 6. The summed E-state index contributed by atoms with van der Waals surface area (Å²) in [4.78, 5) is 10.7. The van der Waals surface area contributed by atoms with Crippen molar-refractivity contribution in [2.24, 2.45) is 5.73 Å². The second-order valence-electron chi connectivity index (χ2n) is 3.98. The minimum atomic E-state index is -0.300. The van der Waals surface area contributed by atoms with Crippen LogP contribution < -0.4 is 10.5 Å². The van der Waals surface area contributed by atoms with Gasteiger partial charge in [0.15, 0.2) is 0 Å². The highest BCUT2D eigenvalue weighted by Crippen LogP contribution is 2.27. The number of hydrogen-bond acceptors (Lipinski definition) is 3. The second kappa shape index (κ2) is 6.85. The average Bonchev–Trinajstić information content (AvgIpc) is 2.41. The zero-order chi connectivity index (χ0) is 13.5. The number of primary amides is 1. The molecule has 0 aromatic heterocycles. The molecule has 0 fully saturated rings. The molecule has 2 aromatic rings. The van der Waals surface area contributed by atoms with E-state index >= 15 is 0 Å². The maximum absolute atomic E-state index is 10.7. The SMILES string of the molecule is NC(=O)CSCc1ccccc1Oc1ccccc1. The maximum Gasteiger partial charge on any atom is 0.227 e. The van der Waals surface area contributed by atoms with Gasteiger partial charge in [-0.2, -0.15) is 0 Å². The Labute approximate surface area is 116 Å². The summed E-state index contributed by atoms with van der Waals surface area (Å²) in [5.41, 5.74) is 6.18. The van der Waals surface area contributed by atoms with Crippen LogP contribution in [-0.4, -0.2) is 11.7 Å². The molecule has 0 heterocycles. The molecule has 0 atom stereocenters. The molecule has 2 rings (SSSR count). The number of carbonyl (C=O) groups is 1. The first kappa shape index (κ1) is 13.5. The molecule has 0 saturated heterocycles. The highest BCUT2D eigenvalue weighted by Gasteiger charge is 2.05. The topological polar surface area (TPSA) is 52.3 Å². The van der Waals surface area contributed by atoms with Gasteiger partial charge in [-0.25, -0.2) is 0 Å². The van der Waals surface area contributed by atoms with Crippen LogP contribution in [0.4, 0.5) is 0 Å². The van der Waals surface area contributed by atoms with Gasteiger partial charge in [0.25, 0.3) is 0 Å². The largest absolute Gasteiger partial charge is 0.457 e. The second-order valence-corrected chi connectivity index (χ2v) is 4.97. The van der Waals surface area contributed by atoms with E-state index in [0.717, 1.165) is 17.1 Å². The van der Waals surface area contributed by atoms with Crippen LogP contribution in [-0.2, 0) is 10.5 Å². The van der Waals surface area contributed by atoms with Gasteiger partial charge in [0.05, 0.1) is 5.75 Å². The maximum atomic E-state index is 10.7. The summed E-state index contributed by atoms with van der Waals surface area (Å²) in [6.45, 7) is 0.